The zero-order valence-electron chi connectivity index (χ0n) is 15.8. The molecule has 0 aliphatic heterocycles. The number of aryl methyl sites for hydroxylation is 2. The number of nitrogens with one attached hydrogen (secondary N) is 1. The van der Waals surface area contributed by atoms with Crippen molar-refractivity contribution in [1.29, 1.82) is 0 Å². The van der Waals surface area contributed by atoms with Gasteiger partial charge in [-0.1, -0.05) is 12.1 Å². The highest BCUT2D eigenvalue weighted by Gasteiger charge is 2.20. The number of hydrogen-bond acceptors (Lipinski definition) is 7. The molecular weight excluding hydrogens is 376 g/mol. The van der Waals surface area contributed by atoms with Crippen LogP contribution in [0.3, 0.4) is 0 Å². The third-order valence-electron chi connectivity index (χ3n) is 4.87. The van der Waals surface area contributed by atoms with Crippen molar-refractivity contribution in [3.8, 4) is 0 Å². The molecule has 0 spiro atoms. The van der Waals surface area contributed by atoms with Crippen molar-refractivity contribution in [2.45, 2.75) is 25.7 Å². The van der Waals surface area contributed by atoms with Crippen LogP contribution in [0, 0.1) is 10.1 Å². The van der Waals surface area contributed by atoms with Gasteiger partial charge in [-0.2, -0.15) is 0 Å². The van der Waals surface area contributed by atoms with E-state index >= 15 is 0 Å². The van der Waals surface area contributed by atoms with Gasteiger partial charge in [0.05, 0.1) is 17.1 Å². The van der Waals surface area contributed by atoms with Crippen LogP contribution in [0.15, 0.2) is 36.4 Å². The summed E-state index contributed by atoms with van der Waals surface area (Å²) in [5.41, 5.74) is 2.84. The van der Waals surface area contributed by atoms with E-state index in [1.165, 1.54) is 17.7 Å². The SMILES string of the molecule is O=C(COC(=O)c1cc([N+](=O)[O-])ccc1NCCO)c1ccc2c(c1)CCCC2. The van der Waals surface area contributed by atoms with E-state index in [0.29, 0.717) is 5.56 Å². The number of aliphatic hydroxyl groups is 1. The zero-order valence-corrected chi connectivity index (χ0v) is 15.8. The molecule has 2 aromatic rings. The van der Waals surface area contributed by atoms with Crippen molar-refractivity contribution in [3.63, 3.8) is 0 Å². The summed E-state index contributed by atoms with van der Waals surface area (Å²) >= 11 is 0. The van der Waals surface area contributed by atoms with Crippen LogP contribution in [0.2, 0.25) is 0 Å². The van der Waals surface area contributed by atoms with Crippen LogP contribution in [0.5, 0.6) is 0 Å². The molecule has 0 radical (unpaired) electrons. The number of carbonyl (C=O) groups is 2. The van der Waals surface area contributed by atoms with Gasteiger partial charge in [0.25, 0.3) is 5.69 Å². The summed E-state index contributed by atoms with van der Waals surface area (Å²) in [5, 5.41) is 22.8. The molecule has 0 amide bonds. The zero-order chi connectivity index (χ0) is 20.8. The number of benzene rings is 2. The largest absolute Gasteiger partial charge is 0.454 e. The van der Waals surface area contributed by atoms with E-state index in [-0.39, 0.29) is 35.9 Å². The first kappa shape index (κ1) is 20.5. The number of anilines is 1. The molecule has 0 aromatic heterocycles. The number of nitrogens with zero attached hydrogens (tertiary/aromatic N) is 1. The van der Waals surface area contributed by atoms with Crippen molar-refractivity contribution >= 4 is 23.1 Å². The minimum Gasteiger partial charge on any atom is -0.454 e. The monoisotopic (exact) mass is 398 g/mol. The number of non-ortho nitro benzene ring substituents is 1. The maximum absolute atomic E-state index is 12.5. The highest BCUT2D eigenvalue weighted by atomic mass is 16.6. The fourth-order valence-corrected chi connectivity index (χ4v) is 3.36. The van der Waals surface area contributed by atoms with Crippen LogP contribution < -0.4 is 5.32 Å². The quantitative estimate of drug-likeness (QED) is 0.304. The van der Waals surface area contributed by atoms with E-state index < -0.39 is 17.5 Å². The summed E-state index contributed by atoms with van der Waals surface area (Å²) in [6, 6.07) is 9.24. The number of aliphatic hydroxyl groups excluding tert-OH is 1. The average Bonchev–Trinajstić information content (AvgIpc) is 2.75. The number of carbonyl (C=O) groups excluding carboxylic acids is 2. The van der Waals surface area contributed by atoms with Gasteiger partial charge in [-0.3, -0.25) is 14.9 Å². The standard InChI is InChI=1S/C21H22N2O6/c24-10-9-22-19-8-7-17(23(27)28)12-18(19)21(26)29-13-20(25)16-6-5-14-3-1-2-4-15(14)11-16/h5-8,11-12,22,24H,1-4,9-10,13H2. The van der Waals surface area contributed by atoms with Gasteiger partial charge in [0.1, 0.15) is 0 Å². The van der Waals surface area contributed by atoms with Crippen LogP contribution in [0.4, 0.5) is 11.4 Å². The average molecular weight is 398 g/mol. The lowest BCUT2D eigenvalue weighted by Gasteiger charge is -2.16. The number of Topliss-reactive ketones (excluding diaryl/α,β-unsaturated/α-hetero) is 1. The van der Waals surface area contributed by atoms with Crippen molar-refractivity contribution < 1.29 is 24.4 Å². The molecule has 0 saturated heterocycles. The van der Waals surface area contributed by atoms with Crippen molar-refractivity contribution in [1.82, 2.24) is 0 Å². The number of ketones is 1. The minimum absolute atomic E-state index is 0.0640. The second-order valence-corrected chi connectivity index (χ2v) is 6.83. The number of fused-ring (bicyclic) bond motifs is 1. The van der Waals surface area contributed by atoms with E-state index in [1.54, 1.807) is 6.07 Å². The third kappa shape index (κ3) is 4.97. The van der Waals surface area contributed by atoms with Crippen molar-refractivity contribution in [3.05, 3.63) is 68.8 Å². The molecule has 8 heteroatoms. The van der Waals surface area contributed by atoms with Crippen LogP contribution in [-0.4, -0.2) is 41.5 Å². The number of nitro benzene ring substituents is 1. The van der Waals surface area contributed by atoms with Crippen molar-refractivity contribution in [2.24, 2.45) is 0 Å². The molecule has 0 bridgehead atoms. The van der Waals surface area contributed by atoms with Gasteiger partial charge in [-0.15, -0.1) is 0 Å². The second-order valence-electron chi connectivity index (χ2n) is 6.83. The van der Waals surface area contributed by atoms with Gasteiger partial charge in [0, 0.05) is 29.9 Å². The summed E-state index contributed by atoms with van der Waals surface area (Å²) in [5.74, 6) is -1.18. The Bertz CT molecular complexity index is 941. The fraction of sp³-hybridized carbons (Fsp3) is 0.333. The highest BCUT2D eigenvalue weighted by Crippen LogP contribution is 2.24. The Kier molecular flexibility index (Phi) is 6.56. The Morgan fingerprint density at radius 2 is 1.86 bits per heavy atom. The molecule has 29 heavy (non-hydrogen) atoms. The normalized spacial score (nSPS) is 12.7. The van der Waals surface area contributed by atoms with Gasteiger partial charge in [0.15, 0.2) is 12.4 Å². The molecule has 1 aliphatic carbocycles. The Morgan fingerprint density at radius 1 is 1.10 bits per heavy atom. The molecule has 0 saturated carbocycles. The number of hydrogen-bond donors (Lipinski definition) is 2. The fourth-order valence-electron chi connectivity index (χ4n) is 3.36. The maximum Gasteiger partial charge on any atom is 0.340 e. The Labute approximate surface area is 167 Å². The topological polar surface area (TPSA) is 119 Å². The molecule has 0 unspecified atom stereocenters. The number of ether oxygens (including phenoxy) is 1. The Hall–Kier alpha value is -3.26. The summed E-state index contributed by atoms with van der Waals surface area (Å²) in [4.78, 5) is 35.3. The van der Waals surface area contributed by atoms with Gasteiger partial charge in [-0.05, 0) is 48.9 Å². The number of esters is 1. The third-order valence-corrected chi connectivity index (χ3v) is 4.87. The van der Waals surface area contributed by atoms with Crippen LogP contribution >= 0.6 is 0 Å². The predicted molar refractivity (Wildman–Crippen MR) is 106 cm³/mol. The lowest BCUT2D eigenvalue weighted by Crippen LogP contribution is -2.17. The number of nitro groups is 1. The van der Waals surface area contributed by atoms with E-state index in [4.69, 9.17) is 9.84 Å². The first-order valence-electron chi connectivity index (χ1n) is 9.45. The first-order valence-corrected chi connectivity index (χ1v) is 9.45. The lowest BCUT2D eigenvalue weighted by molar-refractivity contribution is -0.384. The van der Waals surface area contributed by atoms with Gasteiger partial charge in [0.2, 0.25) is 0 Å². The molecule has 0 atom stereocenters. The van der Waals surface area contributed by atoms with Gasteiger partial charge >= 0.3 is 5.97 Å². The maximum atomic E-state index is 12.5. The van der Waals surface area contributed by atoms with Gasteiger partial charge in [-0.25, -0.2) is 4.79 Å². The minimum atomic E-state index is -0.847. The number of rotatable bonds is 8. The summed E-state index contributed by atoms with van der Waals surface area (Å²) < 4.78 is 5.13. The molecule has 8 nitrogen and oxygen atoms in total. The Balaban J connectivity index is 1.71. The highest BCUT2D eigenvalue weighted by molar-refractivity contribution is 6.01. The molecular formula is C21H22N2O6. The second kappa shape index (κ2) is 9.29. The first-order chi connectivity index (χ1) is 14.0. The van der Waals surface area contributed by atoms with E-state index in [0.717, 1.165) is 37.3 Å². The van der Waals surface area contributed by atoms with E-state index in [2.05, 4.69) is 5.32 Å². The smallest absolute Gasteiger partial charge is 0.340 e. The summed E-state index contributed by atoms with van der Waals surface area (Å²) in [6.07, 6.45) is 4.18. The van der Waals surface area contributed by atoms with Gasteiger partial charge < -0.3 is 15.2 Å². The molecule has 152 valence electrons. The summed E-state index contributed by atoms with van der Waals surface area (Å²) in [7, 11) is 0. The summed E-state index contributed by atoms with van der Waals surface area (Å²) in [6.45, 7) is -0.478. The van der Waals surface area contributed by atoms with E-state index in [9.17, 15) is 19.7 Å². The lowest BCUT2D eigenvalue weighted by atomic mass is 9.90. The Morgan fingerprint density at radius 3 is 2.59 bits per heavy atom. The molecule has 0 heterocycles. The predicted octanol–water partition coefficient (Wildman–Crippen LogP) is 2.92. The van der Waals surface area contributed by atoms with Crippen LogP contribution in [-0.2, 0) is 17.6 Å². The van der Waals surface area contributed by atoms with Crippen LogP contribution in [0.25, 0.3) is 0 Å². The molecule has 2 N–H and O–H groups in total. The van der Waals surface area contributed by atoms with Crippen LogP contribution in [0.1, 0.15) is 44.7 Å². The molecule has 0 fully saturated rings. The molecule has 3 rings (SSSR count). The van der Waals surface area contributed by atoms with Crippen molar-refractivity contribution in [2.75, 3.05) is 25.1 Å². The van der Waals surface area contributed by atoms with E-state index in [1.807, 2.05) is 12.1 Å². The molecule has 2 aromatic carbocycles. The molecule has 1 aliphatic rings.